The summed E-state index contributed by atoms with van der Waals surface area (Å²) in [5.41, 5.74) is 1.74. The highest BCUT2D eigenvalue weighted by atomic mass is 35.5. The molecule has 2 rings (SSSR count). The predicted octanol–water partition coefficient (Wildman–Crippen LogP) is 5.08. The van der Waals surface area contributed by atoms with Crippen LogP contribution in [-0.2, 0) is 13.1 Å². The zero-order valence-corrected chi connectivity index (χ0v) is 12.2. The zero-order valence-electron chi connectivity index (χ0n) is 9.89. The third kappa shape index (κ3) is 3.83. The Morgan fingerprint density at radius 2 is 1.47 bits per heavy atom. The van der Waals surface area contributed by atoms with Gasteiger partial charge in [0.2, 0.25) is 0 Å². The van der Waals surface area contributed by atoms with Crippen LogP contribution < -0.4 is 5.32 Å². The normalized spacial score (nSPS) is 10.7. The van der Waals surface area contributed by atoms with Crippen molar-refractivity contribution in [1.29, 1.82) is 0 Å². The van der Waals surface area contributed by atoms with Gasteiger partial charge >= 0.3 is 0 Å². The van der Waals surface area contributed by atoms with E-state index in [-0.39, 0.29) is 5.82 Å². The monoisotopic (exact) mass is 317 g/mol. The standard InChI is InChI=1S/C14H11Cl3FN/c15-12-5-6-13(16)14(17)11(12)8-19-7-9-1-3-10(18)4-2-9/h1-6,19H,7-8H2. The Morgan fingerprint density at radius 3 is 2.16 bits per heavy atom. The maximum atomic E-state index is 12.8. The van der Waals surface area contributed by atoms with Crippen LogP contribution in [0.25, 0.3) is 0 Å². The topological polar surface area (TPSA) is 12.0 Å². The molecule has 19 heavy (non-hydrogen) atoms. The van der Waals surface area contributed by atoms with Gasteiger partial charge in [-0.3, -0.25) is 0 Å². The lowest BCUT2D eigenvalue weighted by Gasteiger charge is -2.10. The molecular formula is C14H11Cl3FN. The van der Waals surface area contributed by atoms with E-state index in [2.05, 4.69) is 5.32 Å². The van der Waals surface area contributed by atoms with Crippen molar-refractivity contribution in [3.8, 4) is 0 Å². The van der Waals surface area contributed by atoms with Gasteiger partial charge in [-0.15, -0.1) is 0 Å². The molecule has 0 saturated heterocycles. The van der Waals surface area contributed by atoms with Crippen molar-refractivity contribution >= 4 is 34.8 Å². The van der Waals surface area contributed by atoms with Crippen LogP contribution in [0.5, 0.6) is 0 Å². The fourth-order valence-corrected chi connectivity index (χ4v) is 2.35. The Bertz CT molecular complexity index is 570. The van der Waals surface area contributed by atoms with Gasteiger partial charge in [-0.05, 0) is 29.8 Å². The molecule has 100 valence electrons. The van der Waals surface area contributed by atoms with Crippen molar-refractivity contribution in [2.24, 2.45) is 0 Å². The summed E-state index contributed by atoms with van der Waals surface area (Å²) in [6.07, 6.45) is 0. The fourth-order valence-electron chi connectivity index (χ4n) is 1.67. The molecular weight excluding hydrogens is 308 g/mol. The summed E-state index contributed by atoms with van der Waals surface area (Å²) in [5.74, 6) is -0.246. The molecule has 0 atom stereocenters. The molecule has 0 unspecified atom stereocenters. The van der Waals surface area contributed by atoms with Crippen molar-refractivity contribution in [3.05, 3.63) is 68.4 Å². The highest BCUT2D eigenvalue weighted by Crippen LogP contribution is 2.31. The predicted molar refractivity (Wildman–Crippen MR) is 78.4 cm³/mol. The quantitative estimate of drug-likeness (QED) is 0.776. The summed E-state index contributed by atoms with van der Waals surface area (Å²) >= 11 is 18.1. The first kappa shape index (κ1) is 14.6. The second kappa shape index (κ2) is 6.58. The Labute approximate surface area is 126 Å². The molecule has 0 radical (unpaired) electrons. The minimum Gasteiger partial charge on any atom is -0.309 e. The molecule has 1 N–H and O–H groups in total. The van der Waals surface area contributed by atoms with Gasteiger partial charge in [0.15, 0.2) is 0 Å². The molecule has 0 saturated carbocycles. The molecule has 0 aromatic heterocycles. The average molecular weight is 319 g/mol. The Balaban J connectivity index is 2.00. The van der Waals surface area contributed by atoms with E-state index in [4.69, 9.17) is 34.8 Å². The molecule has 2 aromatic rings. The van der Waals surface area contributed by atoms with Crippen LogP contribution in [0, 0.1) is 5.82 Å². The number of halogens is 4. The van der Waals surface area contributed by atoms with Crippen LogP contribution in [0.1, 0.15) is 11.1 Å². The number of hydrogen-bond donors (Lipinski definition) is 1. The Kier molecular flexibility index (Phi) is 5.06. The first-order valence-corrected chi connectivity index (χ1v) is 6.79. The zero-order chi connectivity index (χ0) is 13.8. The van der Waals surface area contributed by atoms with Gasteiger partial charge in [0.25, 0.3) is 0 Å². The van der Waals surface area contributed by atoms with E-state index >= 15 is 0 Å². The van der Waals surface area contributed by atoms with E-state index in [9.17, 15) is 4.39 Å². The maximum absolute atomic E-state index is 12.8. The lowest BCUT2D eigenvalue weighted by atomic mass is 10.2. The Hall–Kier alpha value is -0.800. The summed E-state index contributed by atoms with van der Waals surface area (Å²) in [6, 6.07) is 9.68. The van der Waals surface area contributed by atoms with Crippen LogP contribution in [0.15, 0.2) is 36.4 Å². The summed E-state index contributed by atoms with van der Waals surface area (Å²) in [4.78, 5) is 0. The van der Waals surface area contributed by atoms with Crippen LogP contribution >= 0.6 is 34.8 Å². The van der Waals surface area contributed by atoms with E-state index in [1.807, 2.05) is 0 Å². The maximum Gasteiger partial charge on any atom is 0.123 e. The highest BCUT2D eigenvalue weighted by Gasteiger charge is 2.09. The van der Waals surface area contributed by atoms with Crippen molar-refractivity contribution in [2.45, 2.75) is 13.1 Å². The van der Waals surface area contributed by atoms with Gasteiger partial charge in [-0.1, -0.05) is 46.9 Å². The molecule has 0 aliphatic rings. The molecule has 5 heteroatoms. The molecule has 0 fully saturated rings. The van der Waals surface area contributed by atoms with Gasteiger partial charge in [0, 0.05) is 23.7 Å². The third-order valence-corrected chi connectivity index (χ3v) is 3.88. The second-order valence-corrected chi connectivity index (χ2v) is 5.24. The van der Waals surface area contributed by atoms with E-state index in [0.717, 1.165) is 11.1 Å². The van der Waals surface area contributed by atoms with Gasteiger partial charge in [0.1, 0.15) is 5.82 Å². The number of rotatable bonds is 4. The molecule has 0 heterocycles. The highest BCUT2D eigenvalue weighted by molar-refractivity contribution is 6.44. The van der Waals surface area contributed by atoms with Crippen molar-refractivity contribution in [2.75, 3.05) is 0 Å². The summed E-state index contributed by atoms with van der Waals surface area (Å²) in [5, 5.41) is 4.70. The van der Waals surface area contributed by atoms with Crippen LogP contribution in [0.2, 0.25) is 15.1 Å². The fraction of sp³-hybridized carbons (Fsp3) is 0.143. The van der Waals surface area contributed by atoms with E-state index in [0.29, 0.717) is 28.2 Å². The van der Waals surface area contributed by atoms with Crippen LogP contribution in [-0.4, -0.2) is 0 Å². The minimum atomic E-state index is -0.246. The van der Waals surface area contributed by atoms with Gasteiger partial charge in [0.05, 0.1) is 10.0 Å². The minimum absolute atomic E-state index is 0.246. The summed E-state index contributed by atoms with van der Waals surface area (Å²) in [7, 11) is 0. The van der Waals surface area contributed by atoms with Gasteiger partial charge in [-0.2, -0.15) is 0 Å². The summed E-state index contributed by atoms with van der Waals surface area (Å²) in [6.45, 7) is 1.09. The first-order chi connectivity index (χ1) is 9.08. The second-order valence-electron chi connectivity index (χ2n) is 4.05. The van der Waals surface area contributed by atoms with Crippen molar-refractivity contribution in [1.82, 2.24) is 5.32 Å². The first-order valence-electron chi connectivity index (χ1n) is 5.65. The van der Waals surface area contributed by atoms with E-state index in [1.54, 1.807) is 24.3 Å². The molecule has 0 bridgehead atoms. The largest absolute Gasteiger partial charge is 0.309 e. The molecule has 1 nitrogen and oxygen atoms in total. The SMILES string of the molecule is Fc1ccc(CNCc2c(Cl)ccc(Cl)c2Cl)cc1. The lowest BCUT2D eigenvalue weighted by Crippen LogP contribution is -2.13. The third-order valence-electron chi connectivity index (χ3n) is 2.68. The smallest absolute Gasteiger partial charge is 0.123 e. The van der Waals surface area contributed by atoms with Crippen LogP contribution in [0.3, 0.4) is 0 Å². The summed E-state index contributed by atoms with van der Waals surface area (Å²) < 4.78 is 12.8. The number of nitrogens with one attached hydrogen (secondary N) is 1. The van der Waals surface area contributed by atoms with Crippen LogP contribution in [0.4, 0.5) is 4.39 Å². The van der Waals surface area contributed by atoms with Crippen molar-refractivity contribution in [3.63, 3.8) is 0 Å². The lowest BCUT2D eigenvalue weighted by molar-refractivity contribution is 0.625. The van der Waals surface area contributed by atoms with Crippen molar-refractivity contribution < 1.29 is 4.39 Å². The average Bonchev–Trinajstić information content (AvgIpc) is 2.40. The van der Waals surface area contributed by atoms with E-state index in [1.165, 1.54) is 12.1 Å². The molecule has 0 spiro atoms. The van der Waals surface area contributed by atoms with Gasteiger partial charge in [-0.25, -0.2) is 4.39 Å². The molecule has 0 aliphatic carbocycles. The number of benzene rings is 2. The van der Waals surface area contributed by atoms with Gasteiger partial charge < -0.3 is 5.32 Å². The molecule has 0 aliphatic heterocycles. The van der Waals surface area contributed by atoms with E-state index < -0.39 is 0 Å². The molecule has 2 aromatic carbocycles. The number of hydrogen-bond acceptors (Lipinski definition) is 1. The Morgan fingerprint density at radius 1 is 0.842 bits per heavy atom. The molecule has 0 amide bonds.